The molecular formula is C20H24N2O2. The number of nitrogens with zero attached hydrogens (tertiary/aromatic N) is 1. The molecule has 4 heteroatoms. The molecule has 1 heterocycles. The molecule has 0 radical (unpaired) electrons. The largest absolute Gasteiger partial charge is 0.396 e. The lowest BCUT2D eigenvalue weighted by molar-refractivity contribution is 0.0245. The predicted octanol–water partition coefficient (Wildman–Crippen LogP) is 4.21. The third-order valence-corrected chi connectivity index (χ3v) is 4.34. The van der Waals surface area contributed by atoms with Gasteiger partial charge in [-0.25, -0.2) is 4.98 Å². The van der Waals surface area contributed by atoms with Crippen molar-refractivity contribution in [1.29, 1.82) is 0 Å². The van der Waals surface area contributed by atoms with Crippen LogP contribution in [0.15, 0.2) is 42.5 Å². The number of aryl methyl sites for hydroxylation is 2. The molecule has 3 aromatic rings. The van der Waals surface area contributed by atoms with E-state index in [9.17, 15) is 5.11 Å². The van der Waals surface area contributed by atoms with Gasteiger partial charge in [-0.3, -0.25) is 0 Å². The molecule has 1 unspecified atom stereocenters. The van der Waals surface area contributed by atoms with Gasteiger partial charge in [0.2, 0.25) is 0 Å². The lowest BCUT2D eigenvalue weighted by Gasteiger charge is -2.15. The zero-order valence-electron chi connectivity index (χ0n) is 14.2. The molecule has 24 heavy (non-hydrogen) atoms. The Balaban J connectivity index is 1.82. The topological polar surface area (TPSA) is 58.1 Å². The number of fused-ring (bicyclic) bond motifs is 1. The van der Waals surface area contributed by atoms with Crippen molar-refractivity contribution < 1.29 is 9.84 Å². The second-order valence-electron chi connectivity index (χ2n) is 6.23. The second-order valence-corrected chi connectivity index (χ2v) is 6.23. The number of aliphatic hydroxyl groups is 1. The lowest BCUT2D eigenvalue weighted by Crippen LogP contribution is -2.07. The molecule has 0 aliphatic carbocycles. The third kappa shape index (κ3) is 3.83. The van der Waals surface area contributed by atoms with Crippen molar-refractivity contribution in [3.63, 3.8) is 0 Å². The smallest absolute Gasteiger partial charge is 0.136 e. The minimum Gasteiger partial charge on any atom is -0.396 e. The second kappa shape index (κ2) is 7.60. The van der Waals surface area contributed by atoms with Crippen LogP contribution in [0, 0.1) is 13.8 Å². The van der Waals surface area contributed by atoms with E-state index in [1.807, 2.05) is 18.2 Å². The Morgan fingerprint density at radius 3 is 2.62 bits per heavy atom. The first-order valence-corrected chi connectivity index (χ1v) is 8.40. The maximum atomic E-state index is 9.17. The Hall–Kier alpha value is -2.17. The van der Waals surface area contributed by atoms with Crippen molar-refractivity contribution in [3.05, 3.63) is 65.0 Å². The van der Waals surface area contributed by atoms with Gasteiger partial charge in [-0.05, 0) is 55.5 Å². The number of aromatic amines is 1. The number of benzene rings is 2. The van der Waals surface area contributed by atoms with Gasteiger partial charge >= 0.3 is 0 Å². The normalized spacial score (nSPS) is 12.6. The zero-order valence-corrected chi connectivity index (χ0v) is 14.2. The van der Waals surface area contributed by atoms with Gasteiger partial charge in [0, 0.05) is 6.61 Å². The summed E-state index contributed by atoms with van der Waals surface area (Å²) in [6, 6.07) is 14.3. The van der Waals surface area contributed by atoms with Crippen LogP contribution < -0.4 is 0 Å². The summed E-state index contributed by atoms with van der Waals surface area (Å²) < 4.78 is 6.10. The minimum atomic E-state index is -0.148. The van der Waals surface area contributed by atoms with Crippen LogP contribution in [0.25, 0.3) is 11.0 Å². The van der Waals surface area contributed by atoms with Crippen LogP contribution in [0.2, 0.25) is 0 Å². The van der Waals surface area contributed by atoms with Gasteiger partial charge in [0.1, 0.15) is 11.9 Å². The molecule has 0 aliphatic rings. The Kier molecular flexibility index (Phi) is 5.28. The maximum absolute atomic E-state index is 9.17. The number of hydrogen-bond acceptors (Lipinski definition) is 3. The van der Waals surface area contributed by atoms with E-state index in [1.165, 1.54) is 11.1 Å². The lowest BCUT2D eigenvalue weighted by atomic mass is 10.1. The molecule has 126 valence electrons. The summed E-state index contributed by atoms with van der Waals surface area (Å²) in [6.45, 7) is 4.89. The number of rotatable bonds is 7. The fourth-order valence-electron chi connectivity index (χ4n) is 2.79. The van der Waals surface area contributed by atoms with E-state index in [0.717, 1.165) is 28.8 Å². The molecule has 0 aliphatic heterocycles. The van der Waals surface area contributed by atoms with E-state index in [4.69, 9.17) is 9.72 Å². The van der Waals surface area contributed by atoms with Crippen molar-refractivity contribution in [3.8, 4) is 0 Å². The Bertz CT molecular complexity index is 757. The summed E-state index contributed by atoms with van der Waals surface area (Å²) in [5.74, 6) is 0.833. The number of aliphatic hydroxyl groups excluding tert-OH is 1. The van der Waals surface area contributed by atoms with E-state index < -0.39 is 0 Å². The summed E-state index contributed by atoms with van der Waals surface area (Å²) in [4.78, 5) is 8.11. The van der Waals surface area contributed by atoms with Crippen LogP contribution in [0.3, 0.4) is 0 Å². The molecule has 0 saturated heterocycles. The molecule has 3 rings (SSSR count). The summed E-state index contributed by atoms with van der Waals surface area (Å²) in [5, 5.41) is 9.17. The summed E-state index contributed by atoms with van der Waals surface area (Å²) in [6.07, 6.45) is 1.28. The van der Waals surface area contributed by atoms with Gasteiger partial charge in [0.25, 0.3) is 0 Å². The van der Waals surface area contributed by atoms with Gasteiger partial charge < -0.3 is 14.8 Å². The Morgan fingerprint density at radius 2 is 1.88 bits per heavy atom. The predicted molar refractivity (Wildman–Crippen MR) is 95.9 cm³/mol. The molecule has 0 fully saturated rings. The fourth-order valence-corrected chi connectivity index (χ4v) is 2.79. The Morgan fingerprint density at radius 1 is 1.12 bits per heavy atom. The number of ether oxygens (including phenoxy) is 1. The number of imidazole rings is 1. The van der Waals surface area contributed by atoms with Crippen LogP contribution in [0.1, 0.15) is 41.5 Å². The number of nitrogens with one attached hydrogen (secondary N) is 1. The average Bonchev–Trinajstić information content (AvgIpc) is 2.99. The first kappa shape index (κ1) is 16.7. The molecule has 0 amide bonds. The van der Waals surface area contributed by atoms with Gasteiger partial charge in [0.05, 0.1) is 17.6 Å². The van der Waals surface area contributed by atoms with Crippen LogP contribution in [-0.2, 0) is 11.3 Å². The number of aromatic nitrogens is 2. The molecule has 2 aromatic carbocycles. The van der Waals surface area contributed by atoms with Crippen molar-refractivity contribution in [2.45, 2.75) is 39.4 Å². The first-order chi connectivity index (χ1) is 11.7. The van der Waals surface area contributed by atoms with Gasteiger partial charge in [0.15, 0.2) is 0 Å². The summed E-state index contributed by atoms with van der Waals surface area (Å²) in [5.41, 5.74) is 5.61. The minimum absolute atomic E-state index is 0.148. The highest BCUT2D eigenvalue weighted by molar-refractivity contribution is 5.77. The number of H-pyrrole nitrogens is 1. The molecule has 1 atom stereocenters. The van der Waals surface area contributed by atoms with Crippen LogP contribution in [0.5, 0.6) is 0 Å². The first-order valence-electron chi connectivity index (χ1n) is 8.40. The zero-order chi connectivity index (χ0) is 16.9. The molecule has 2 N–H and O–H groups in total. The van der Waals surface area contributed by atoms with Crippen molar-refractivity contribution >= 4 is 11.0 Å². The molecule has 0 saturated carbocycles. The van der Waals surface area contributed by atoms with Gasteiger partial charge in [-0.1, -0.05) is 30.3 Å². The monoisotopic (exact) mass is 324 g/mol. The van der Waals surface area contributed by atoms with E-state index in [2.05, 4.69) is 43.1 Å². The maximum Gasteiger partial charge on any atom is 0.136 e. The van der Waals surface area contributed by atoms with Crippen LogP contribution >= 0.6 is 0 Å². The van der Waals surface area contributed by atoms with E-state index in [-0.39, 0.29) is 12.7 Å². The molecule has 0 bridgehead atoms. The number of hydrogen-bond donors (Lipinski definition) is 2. The van der Waals surface area contributed by atoms with E-state index in [0.29, 0.717) is 13.0 Å². The van der Waals surface area contributed by atoms with Crippen molar-refractivity contribution in [2.24, 2.45) is 0 Å². The standard InChI is InChI=1S/C20H24N2O2/c1-14-11-17-18(12-15(14)2)22-20(21-17)19(9-6-10-23)24-13-16-7-4-3-5-8-16/h3-5,7-8,11-12,19,23H,6,9-10,13H2,1-2H3,(H,21,22). The Labute approximate surface area is 142 Å². The molecule has 1 aromatic heterocycles. The summed E-state index contributed by atoms with van der Waals surface area (Å²) >= 11 is 0. The fraction of sp³-hybridized carbons (Fsp3) is 0.350. The molecule has 0 spiro atoms. The van der Waals surface area contributed by atoms with Crippen LogP contribution in [-0.4, -0.2) is 21.7 Å². The van der Waals surface area contributed by atoms with Gasteiger partial charge in [-0.15, -0.1) is 0 Å². The van der Waals surface area contributed by atoms with E-state index >= 15 is 0 Å². The third-order valence-electron chi connectivity index (χ3n) is 4.34. The molecular weight excluding hydrogens is 300 g/mol. The highest BCUT2D eigenvalue weighted by Crippen LogP contribution is 2.25. The van der Waals surface area contributed by atoms with Crippen molar-refractivity contribution in [2.75, 3.05) is 6.61 Å². The highest BCUT2D eigenvalue weighted by atomic mass is 16.5. The van der Waals surface area contributed by atoms with Gasteiger partial charge in [-0.2, -0.15) is 0 Å². The summed E-state index contributed by atoms with van der Waals surface area (Å²) in [7, 11) is 0. The highest BCUT2D eigenvalue weighted by Gasteiger charge is 2.17. The van der Waals surface area contributed by atoms with Crippen molar-refractivity contribution in [1.82, 2.24) is 9.97 Å². The molecule has 4 nitrogen and oxygen atoms in total. The quantitative estimate of drug-likeness (QED) is 0.684. The SMILES string of the molecule is Cc1cc2nc(C(CCCO)OCc3ccccc3)[nH]c2cc1C. The van der Waals surface area contributed by atoms with E-state index in [1.54, 1.807) is 0 Å². The average molecular weight is 324 g/mol. The van der Waals surface area contributed by atoms with Crippen LogP contribution in [0.4, 0.5) is 0 Å².